The molecule has 0 bridgehead atoms. The number of rotatable bonds is 8. The summed E-state index contributed by atoms with van der Waals surface area (Å²) in [7, 11) is 0. The zero-order valence-corrected chi connectivity index (χ0v) is 19.0. The number of hydrogen-bond donors (Lipinski definition) is 2. The predicted molar refractivity (Wildman–Crippen MR) is 130 cm³/mol. The third kappa shape index (κ3) is 6.85. The number of aromatic nitrogens is 3. The monoisotopic (exact) mass is 453 g/mol. The lowest BCUT2D eigenvalue weighted by Crippen LogP contribution is -2.37. The SMILES string of the molecule is CC1=CC(Nc2nc(/C=C/c3cccc(Cl)c3)nc(NCCCN3CCOCC3)n2)=NC1. The van der Waals surface area contributed by atoms with Gasteiger partial charge in [-0.05, 0) is 55.3 Å². The Morgan fingerprint density at radius 3 is 2.75 bits per heavy atom. The van der Waals surface area contributed by atoms with Crippen LogP contribution < -0.4 is 10.6 Å². The molecule has 1 aromatic carbocycles. The second-order valence-corrected chi connectivity index (χ2v) is 8.22. The van der Waals surface area contributed by atoms with Gasteiger partial charge in [0, 0.05) is 24.7 Å². The minimum atomic E-state index is 0.464. The van der Waals surface area contributed by atoms with E-state index in [2.05, 4.69) is 35.5 Å². The predicted octanol–water partition coefficient (Wildman–Crippen LogP) is 3.60. The van der Waals surface area contributed by atoms with Crippen molar-refractivity contribution < 1.29 is 4.74 Å². The van der Waals surface area contributed by atoms with E-state index < -0.39 is 0 Å². The number of benzene rings is 1. The van der Waals surface area contributed by atoms with Crippen molar-refractivity contribution >= 4 is 41.5 Å². The van der Waals surface area contributed by atoms with Crippen LogP contribution in [0.15, 0.2) is 40.9 Å². The van der Waals surface area contributed by atoms with Crippen molar-refractivity contribution in [2.75, 3.05) is 56.6 Å². The smallest absolute Gasteiger partial charge is 0.233 e. The zero-order chi connectivity index (χ0) is 22.2. The van der Waals surface area contributed by atoms with Gasteiger partial charge in [0.05, 0.1) is 19.8 Å². The Morgan fingerprint density at radius 1 is 1.12 bits per heavy atom. The first-order valence-electron chi connectivity index (χ1n) is 10.9. The van der Waals surface area contributed by atoms with E-state index >= 15 is 0 Å². The number of nitrogens with zero attached hydrogens (tertiary/aromatic N) is 5. The van der Waals surface area contributed by atoms with E-state index in [1.807, 2.05) is 49.4 Å². The highest BCUT2D eigenvalue weighted by molar-refractivity contribution is 6.30. The summed E-state index contributed by atoms with van der Waals surface area (Å²) in [4.78, 5) is 20.5. The highest BCUT2D eigenvalue weighted by atomic mass is 35.5. The molecule has 8 nitrogen and oxygen atoms in total. The average Bonchev–Trinajstić information content (AvgIpc) is 3.20. The van der Waals surface area contributed by atoms with Gasteiger partial charge in [-0.25, -0.2) is 0 Å². The molecule has 4 rings (SSSR count). The maximum Gasteiger partial charge on any atom is 0.233 e. The highest BCUT2D eigenvalue weighted by Crippen LogP contribution is 2.15. The second kappa shape index (κ2) is 11.2. The molecule has 2 aliphatic heterocycles. The third-order valence-corrected chi connectivity index (χ3v) is 5.32. The van der Waals surface area contributed by atoms with E-state index in [1.165, 1.54) is 5.57 Å². The van der Waals surface area contributed by atoms with Gasteiger partial charge in [-0.3, -0.25) is 9.89 Å². The van der Waals surface area contributed by atoms with Crippen LogP contribution in [0.4, 0.5) is 11.9 Å². The fourth-order valence-electron chi connectivity index (χ4n) is 3.44. The van der Waals surface area contributed by atoms with Crippen molar-refractivity contribution in [2.24, 2.45) is 4.99 Å². The van der Waals surface area contributed by atoms with Crippen LogP contribution in [0.25, 0.3) is 12.2 Å². The number of nitrogens with one attached hydrogen (secondary N) is 2. The topological polar surface area (TPSA) is 87.6 Å². The minimum absolute atomic E-state index is 0.464. The molecule has 0 amide bonds. The van der Waals surface area contributed by atoms with E-state index in [4.69, 9.17) is 16.3 Å². The lowest BCUT2D eigenvalue weighted by atomic mass is 10.2. The van der Waals surface area contributed by atoms with Gasteiger partial charge in [0.25, 0.3) is 0 Å². The summed E-state index contributed by atoms with van der Waals surface area (Å²) >= 11 is 6.09. The maximum atomic E-state index is 6.09. The number of hydrogen-bond acceptors (Lipinski definition) is 8. The number of halogens is 1. The number of ether oxygens (including phenoxy) is 1. The van der Waals surface area contributed by atoms with Crippen LogP contribution >= 0.6 is 11.6 Å². The van der Waals surface area contributed by atoms with Gasteiger partial charge in [0.1, 0.15) is 5.84 Å². The number of anilines is 2. The van der Waals surface area contributed by atoms with Gasteiger partial charge in [0.2, 0.25) is 11.9 Å². The first-order valence-corrected chi connectivity index (χ1v) is 11.2. The number of amidine groups is 1. The first kappa shape index (κ1) is 22.4. The van der Waals surface area contributed by atoms with E-state index in [0.29, 0.717) is 29.3 Å². The quantitative estimate of drug-likeness (QED) is 0.590. The summed E-state index contributed by atoms with van der Waals surface area (Å²) in [6.45, 7) is 8.16. The second-order valence-electron chi connectivity index (χ2n) is 7.78. The molecule has 0 atom stereocenters. The fraction of sp³-hybridized carbons (Fsp3) is 0.391. The molecule has 0 aliphatic carbocycles. The maximum absolute atomic E-state index is 6.09. The van der Waals surface area contributed by atoms with Gasteiger partial charge < -0.3 is 15.4 Å². The molecule has 0 spiro atoms. The van der Waals surface area contributed by atoms with Crippen LogP contribution in [0, 0.1) is 0 Å². The van der Waals surface area contributed by atoms with E-state index in [-0.39, 0.29) is 0 Å². The number of morpholine rings is 1. The summed E-state index contributed by atoms with van der Waals surface area (Å²) in [6, 6.07) is 7.63. The normalized spacial score (nSPS) is 16.8. The molecule has 3 heterocycles. The van der Waals surface area contributed by atoms with E-state index in [9.17, 15) is 0 Å². The molecule has 168 valence electrons. The van der Waals surface area contributed by atoms with Gasteiger partial charge in [-0.2, -0.15) is 15.0 Å². The molecule has 0 radical (unpaired) electrons. The molecule has 0 unspecified atom stereocenters. The summed E-state index contributed by atoms with van der Waals surface area (Å²) < 4.78 is 5.41. The Hall–Kier alpha value is -2.81. The van der Waals surface area contributed by atoms with Crippen LogP contribution in [-0.4, -0.2) is 71.6 Å². The zero-order valence-electron chi connectivity index (χ0n) is 18.2. The lowest BCUT2D eigenvalue weighted by molar-refractivity contribution is 0.0378. The Bertz CT molecular complexity index is 1020. The Kier molecular flexibility index (Phi) is 7.82. The molecule has 1 aromatic heterocycles. The summed E-state index contributed by atoms with van der Waals surface area (Å²) in [5, 5.41) is 7.22. The van der Waals surface area contributed by atoms with Gasteiger partial charge >= 0.3 is 0 Å². The Balaban J connectivity index is 1.43. The third-order valence-electron chi connectivity index (χ3n) is 5.09. The van der Waals surface area contributed by atoms with Gasteiger partial charge in [-0.1, -0.05) is 29.8 Å². The van der Waals surface area contributed by atoms with Gasteiger partial charge in [0.15, 0.2) is 5.82 Å². The Labute approximate surface area is 193 Å². The fourth-order valence-corrected chi connectivity index (χ4v) is 3.63. The van der Waals surface area contributed by atoms with Crippen molar-refractivity contribution in [3.05, 3.63) is 52.3 Å². The molecule has 0 saturated carbocycles. The van der Waals surface area contributed by atoms with Crippen molar-refractivity contribution in [1.29, 1.82) is 0 Å². The van der Waals surface area contributed by atoms with E-state index in [1.54, 1.807) is 0 Å². The molecule has 2 aliphatic rings. The average molecular weight is 454 g/mol. The molecular weight excluding hydrogens is 426 g/mol. The molecule has 1 saturated heterocycles. The standard InChI is InChI=1S/C23H28ClN7O/c1-17-14-21(26-16-17)29-23-28-20(7-6-18-4-2-5-19(24)15-18)27-22(30-23)25-8-3-9-31-10-12-32-13-11-31/h2,4-7,14-15H,3,8-13,16H2,1H3,(H2,25,26,27,28,29,30)/b7-6+. The van der Waals surface area contributed by atoms with Crippen LogP contribution in [0.2, 0.25) is 5.02 Å². The van der Waals surface area contributed by atoms with Crippen molar-refractivity contribution in [3.8, 4) is 0 Å². The van der Waals surface area contributed by atoms with Crippen LogP contribution in [0.5, 0.6) is 0 Å². The summed E-state index contributed by atoms with van der Waals surface area (Å²) in [5.74, 6) is 2.31. The van der Waals surface area contributed by atoms with E-state index in [0.717, 1.165) is 57.2 Å². The molecule has 1 fully saturated rings. The highest BCUT2D eigenvalue weighted by Gasteiger charge is 2.11. The molecule has 32 heavy (non-hydrogen) atoms. The minimum Gasteiger partial charge on any atom is -0.379 e. The first-order chi connectivity index (χ1) is 15.6. The molecule has 2 aromatic rings. The Morgan fingerprint density at radius 2 is 1.97 bits per heavy atom. The van der Waals surface area contributed by atoms with Crippen LogP contribution in [0.3, 0.4) is 0 Å². The van der Waals surface area contributed by atoms with Gasteiger partial charge in [-0.15, -0.1) is 0 Å². The number of aliphatic imine (C=N–C) groups is 1. The van der Waals surface area contributed by atoms with Crippen molar-refractivity contribution in [2.45, 2.75) is 13.3 Å². The van der Waals surface area contributed by atoms with Crippen molar-refractivity contribution in [1.82, 2.24) is 19.9 Å². The van der Waals surface area contributed by atoms with Crippen LogP contribution in [0.1, 0.15) is 24.7 Å². The van der Waals surface area contributed by atoms with Crippen molar-refractivity contribution in [3.63, 3.8) is 0 Å². The summed E-state index contributed by atoms with van der Waals surface area (Å²) in [6.07, 6.45) is 6.79. The lowest BCUT2D eigenvalue weighted by Gasteiger charge is -2.26. The molecular formula is C23H28ClN7O. The molecule has 2 N–H and O–H groups in total. The van der Waals surface area contributed by atoms with Crippen LogP contribution in [-0.2, 0) is 4.74 Å². The largest absolute Gasteiger partial charge is 0.379 e. The summed E-state index contributed by atoms with van der Waals surface area (Å²) in [5.41, 5.74) is 2.18. The molecule has 9 heteroatoms.